The second kappa shape index (κ2) is 10.9. The molecule has 6 nitrogen and oxygen atoms in total. The van der Waals surface area contributed by atoms with Gasteiger partial charge in [0.1, 0.15) is 0 Å². The second-order valence-corrected chi connectivity index (χ2v) is 5.02. The number of rotatable bonds is 9. The Kier molecular flexibility index (Phi) is 9.02. The summed E-state index contributed by atoms with van der Waals surface area (Å²) in [4.78, 5) is 2.40. The van der Waals surface area contributed by atoms with Crippen molar-refractivity contribution in [3.05, 3.63) is 35.8 Å². The summed E-state index contributed by atoms with van der Waals surface area (Å²) in [5, 5.41) is 13.7. The molecule has 6 heteroatoms. The maximum atomic E-state index is 9.55. The van der Waals surface area contributed by atoms with Crippen LogP contribution in [0, 0.1) is 0 Å². The van der Waals surface area contributed by atoms with Crippen LogP contribution >= 0.6 is 0 Å². The Hall–Kier alpha value is -1.79. The molecule has 0 saturated carbocycles. The van der Waals surface area contributed by atoms with Gasteiger partial charge in [0.2, 0.25) is 0 Å². The summed E-state index contributed by atoms with van der Waals surface area (Å²) in [6.45, 7) is 11.0. The Morgan fingerprint density at radius 1 is 1.45 bits per heavy atom. The molecule has 1 aliphatic heterocycles. The van der Waals surface area contributed by atoms with Crippen LogP contribution in [0.25, 0.3) is 0 Å². The van der Waals surface area contributed by atoms with Crippen LogP contribution in [0.4, 0.5) is 0 Å². The van der Waals surface area contributed by atoms with Gasteiger partial charge < -0.3 is 20.0 Å². The van der Waals surface area contributed by atoms with Crippen LogP contribution < -0.4 is 5.43 Å². The van der Waals surface area contributed by atoms with Gasteiger partial charge in [-0.2, -0.15) is 5.10 Å². The first kappa shape index (κ1) is 18.3. The van der Waals surface area contributed by atoms with Crippen LogP contribution in [0.3, 0.4) is 0 Å². The lowest BCUT2D eigenvalue weighted by atomic mass is 10.2. The first-order chi connectivity index (χ1) is 10.7. The monoisotopic (exact) mass is 309 g/mol. The van der Waals surface area contributed by atoms with Crippen LogP contribution in [-0.4, -0.2) is 62.7 Å². The van der Waals surface area contributed by atoms with Crippen LogP contribution in [0.15, 0.2) is 40.9 Å². The van der Waals surface area contributed by atoms with E-state index in [-0.39, 0.29) is 5.76 Å². The van der Waals surface area contributed by atoms with Gasteiger partial charge in [0.05, 0.1) is 20.3 Å². The van der Waals surface area contributed by atoms with Gasteiger partial charge in [-0.3, -0.25) is 4.90 Å². The van der Waals surface area contributed by atoms with E-state index in [0.29, 0.717) is 5.76 Å². The minimum absolute atomic E-state index is 0.00807. The number of nitrogens with one attached hydrogen (secondary N) is 1. The molecule has 1 rings (SSSR count). The van der Waals surface area contributed by atoms with Gasteiger partial charge >= 0.3 is 0 Å². The van der Waals surface area contributed by atoms with Crippen molar-refractivity contribution in [2.75, 3.05) is 46.5 Å². The molecule has 1 aliphatic rings. The zero-order chi connectivity index (χ0) is 16.2. The van der Waals surface area contributed by atoms with E-state index in [1.807, 2.05) is 6.92 Å². The summed E-state index contributed by atoms with van der Waals surface area (Å²) in [5.41, 5.74) is 3.89. The van der Waals surface area contributed by atoms with Crippen LogP contribution in [0.1, 0.15) is 13.3 Å². The van der Waals surface area contributed by atoms with Crippen molar-refractivity contribution in [1.29, 1.82) is 0 Å². The minimum Gasteiger partial charge on any atom is -0.504 e. The van der Waals surface area contributed by atoms with Gasteiger partial charge in [-0.25, -0.2) is 0 Å². The van der Waals surface area contributed by atoms with Crippen molar-refractivity contribution in [2.45, 2.75) is 13.3 Å². The van der Waals surface area contributed by atoms with E-state index in [9.17, 15) is 5.11 Å². The number of morpholine rings is 1. The predicted molar refractivity (Wildman–Crippen MR) is 89.0 cm³/mol. The largest absolute Gasteiger partial charge is 0.504 e. The van der Waals surface area contributed by atoms with Crippen LogP contribution in [-0.2, 0) is 9.47 Å². The zero-order valence-corrected chi connectivity index (χ0v) is 13.5. The molecule has 0 radical (unpaired) electrons. The van der Waals surface area contributed by atoms with Crippen molar-refractivity contribution in [2.24, 2.45) is 5.10 Å². The molecule has 124 valence electrons. The number of hydrogen-bond acceptors (Lipinski definition) is 6. The van der Waals surface area contributed by atoms with Crippen molar-refractivity contribution in [1.82, 2.24) is 10.3 Å². The van der Waals surface area contributed by atoms with Crippen molar-refractivity contribution in [3.63, 3.8) is 0 Å². The fourth-order valence-electron chi connectivity index (χ4n) is 2.00. The lowest BCUT2D eigenvalue weighted by molar-refractivity contribution is 0.0375. The second-order valence-electron chi connectivity index (χ2n) is 5.02. The minimum atomic E-state index is 0.00807. The van der Waals surface area contributed by atoms with E-state index in [0.717, 1.165) is 51.4 Å². The first-order valence-electron chi connectivity index (χ1n) is 7.51. The molecular weight excluding hydrogens is 282 g/mol. The topological polar surface area (TPSA) is 66.3 Å². The number of aliphatic hydroxyl groups excluding tert-OH is 1. The highest BCUT2D eigenvalue weighted by molar-refractivity contribution is 5.78. The Bertz CT molecular complexity index is 424. The van der Waals surface area contributed by atoms with Gasteiger partial charge in [0.15, 0.2) is 11.5 Å². The molecule has 0 bridgehead atoms. The highest BCUT2D eigenvalue weighted by atomic mass is 16.5. The number of ether oxygens (including phenoxy) is 2. The Balaban J connectivity index is 2.25. The number of allylic oxidation sites excluding steroid dienone is 3. The fraction of sp³-hybridized carbons (Fsp3) is 0.562. The van der Waals surface area contributed by atoms with E-state index < -0.39 is 0 Å². The van der Waals surface area contributed by atoms with Gasteiger partial charge in [-0.1, -0.05) is 6.58 Å². The number of aliphatic hydroxyl groups is 1. The third-order valence-corrected chi connectivity index (χ3v) is 3.25. The summed E-state index contributed by atoms with van der Waals surface area (Å²) in [5.74, 6) is 0.375. The van der Waals surface area contributed by atoms with E-state index in [1.54, 1.807) is 12.3 Å². The summed E-state index contributed by atoms with van der Waals surface area (Å²) >= 11 is 0. The lowest BCUT2D eigenvalue weighted by Gasteiger charge is -2.26. The van der Waals surface area contributed by atoms with Gasteiger partial charge in [0, 0.05) is 32.4 Å². The highest BCUT2D eigenvalue weighted by Gasteiger charge is 2.08. The molecule has 0 spiro atoms. The molecular formula is C16H27N3O3. The molecule has 1 heterocycles. The molecule has 0 aromatic heterocycles. The average Bonchev–Trinajstić information content (AvgIpc) is 2.56. The standard InChI is InChI=1S/C16H27N3O3/c1-4-15(20)16(21-3)12-14(2)13-18-17-6-5-7-19-8-10-22-11-9-19/h4,12-13,17,20H,1,5-11H2,2-3H3/b14-12+,16-15-,18-13+. The highest BCUT2D eigenvalue weighted by Crippen LogP contribution is 2.07. The quantitative estimate of drug-likeness (QED) is 0.224. The summed E-state index contributed by atoms with van der Waals surface area (Å²) in [6, 6.07) is 0. The Morgan fingerprint density at radius 3 is 2.82 bits per heavy atom. The molecule has 0 atom stereocenters. The number of hydrogen-bond donors (Lipinski definition) is 2. The molecule has 1 saturated heterocycles. The molecule has 0 aromatic carbocycles. The molecule has 0 amide bonds. The first-order valence-corrected chi connectivity index (χ1v) is 7.51. The Morgan fingerprint density at radius 2 is 2.18 bits per heavy atom. The average molecular weight is 309 g/mol. The van der Waals surface area contributed by atoms with Gasteiger partial charge in [-0.05, 0) is 31.1 Å². The maximum absolute atomic E-state index is 9.55. The van der Waals surface area contributed by atoms with E-state index >= 15 is 0 Å². The molecule has 1 fully saturated rings. The van der Waals surface area contributed by atoms with E-state index in [4.69, 9.17) is 9.47 Å². The zero-order valence-electron chi connectivity index (χ0n) is 13.5. The third kappa shape index (κ3) is 7.28. The van der Waals surface area contributed by atoms with Gasteiger partial charge in [0.25, 0.3) is 0 Å². The van der Waals surface area contributed by atoms with Gasteiger partial charge in [-0.15, -0.1) is 0 Å². The molecule has 0 unspecified atom stereocenters. The summed E-state index contributed by atoms with van der Waals surface area (Å²) in [7, 11) is 1.50. The smallest absolute Gasteiger partial charge is 0.160 e. The third-order valence-electron chi connectivity index (χ3n) is 3.25. The van der Waals surface area contributed by atoms with Crippen molar-refractivity contribution < 1.29 is 14.6 Å². The number of hydrazone groups is 1. The predicted octanol–water partition coefficient (Wildman–Crippen LogP) is 1.83. The normalized spacial score (nSPS) is 18.2. The molecule has 0 aliphatic carbocycles. The molecule has 2 N–H and O–H groups in total. The van der Waals surface area contributed by atoms with E-state index in [2.05, 4.69) is 22.0 Å². The number of nitrogens with zero attached hydrogens (tertiary/aromatic N) is 2. The van der Waals surface area contributed by atoms with Crippen molar-refractivity contribution >= 4 is 6.21 Å². The van der Waals surface area contributed by atoms with Crippen molar-refractivity contribution in [3.8, 4) is 0 Å². The summed E-state index contributed by atoms with van der Waals surface area (Å²) < 4.78 is 10.4. The Labute approximate surface area is 132 Å². The maximum Gasteiger partial charge on any atom is 0.160 e. The fourth-order valence-corrected chi connectivity index (χ4v) is 2.00. The summed E-state index contributed by atoms with van der Waals surface area (Å²) in [6.07, 6.45) is 5.78. The van der Waals surface area contributed by atoms with Crippen LogP contribution in [0.2, 0.25) is 0 Å². The number of methoxy groups -OCH3 is 1. The SMILES string of the molecule is C=C\C(O)=C(/C=C(C)/C=N/NCCCN1CCOCC1)OC. The van der Waals surface area contributed by atoms with E-state index in [1.165, 1.54) is 13.2 Å². The molecule has 0 aromatic rings. The molecule has 22 heavy (non-hydrogen) atoms. The lowest BCUT2D eigenvalue weighted by Crippen LogP contribution is -2.37. The van der Waals surface area contributed by atoms with Crippen LogP contribution in [0.5, 0.6) is 0 Å².